The van der Waals surface area contributed by atoms with E-state index in [1.807, 2.05) is 43.3 Å². The third-order valence-corrected chi connectivity index (χ3v) is 2.80. The molecule has 0 aliphatic heterocycles. The topological polar surface area (TPSA) is 9.23 Å². The van der Waals surface area contributed by atoms with Gasteiger partial charge in [-0.2, -0.15) is 0 Å². The second kappa shape index (κ2) is 5.53. The van der Waals surface area contributed by atoms with E-state index >= 15 is 0 Å². The first kappa shape index (κ1) is 11.7. The van der Waals surface area contributed by atoms with Gasteiger partial charge in [0, 0.05) is 0 Å². The van der Waals surface area contributed by atoms with Crippen molar-refractivity contribution in [1.82, 2.24) is 0 Å². The van der Waals surface area contributed by atoms with Gasteiger partial charge in [0.15, 0.2) is 0 Å². The average Bonchev–Trinajstić information content (AvgIpc) is 2.40. The van der Waals surface area contributed by atoms with Crippen LogP contribution in [-0.4, -0.2) is 0 Å². The fourth-order valence-corrected chi connectivity index (χ4v) is 1.81. The maximum Gasteiger partial charge on any atom is 0.123 e. The predicted molar refractivity (Wildman–Crippen MR) is 71.0 cm³/mol. The highest BCUT2D eigenvalue weighted by Crippen LogP contribution is 2.25. The Balaban J connectivity index is 2.16. The van der Waals surface area contributed by atoms with Gasteiger partial charge in [-0.25, -0.2) is 0 Å². The van der Waals surface area contributed by atoms with Crippen molar-refractivity contribution in [2.45, 2.75) is 20.0 Å². The summed E-state index contributed by atoms with van der Waals surface area (Å²) in [5.41, 5.74) is 2.33. The molecule has 0 N–H and O–H groups in total. The van der Waals surface area contributed by atoms with Gasteiger partial charge in [0.25, 0.3) is 0 Å². The molecule has 0 spiro atoms. The number of para-hydroxylation sites is 1. The molecule has 0 amide bonds. The molecule has 0 aliphatic carbocycles. The number of hydrogen-bond donors (Lipinski definition) is 0. The SMILES string of the molecule is C[CH]c1ccccc1OC(C)c1ccccc1. The van der Waals surface area contributed by atoms with Crippen LogP contribution in [0.25, 0.3) is 0 Å². The van der Waals surface area contributed by atoms with E-state index in [0.717, 1.165) is 11.3 Å². The normalized spacial score (nSPS) is 12.1. The van der Waals surface area contributed by atoms with E-state index in [1.54, 1.807) is 0 Å². The quantitative estimate of drug-likeness (QED) is 0.749. The van der Waals surface area contributed by atoms with E-state index in [-0.39, 0.29) is 6.10 Å². The average molecular weight is 225 g/mol. The minimum Gasteiger partial charge on any atom is -0.486 e. The Morgan fingerprint density at radius 3 is 2.29 bits per heavy atom. The highest BCUT2D eigenvalue weighted by atomic mass is 16.5. The lowest BCUT2D eigenvalue weighted by Crippen LogP contribution is -2.04. The summed E-state index contributed by atoms with van der Waals surface area (Å²) in [6.07, 6.45) is 2.13. The number of ether oxygens (including phenoxy) is 1. The van der Waals surface area contributed by atoms with Gasteiger partial charge < -0.3 is 4.74 Å². The zero-order valence-electron chi connectivity index (χ0n) is 10.3. The van der Waals surface area contributed by atoms with Crippen LogP contribution in [0.5, 0.6) is 5.75 Å². The van der Waals surface area contributed by atoms with Crippen LogP contribution in [0.2, 0.25) is 0 Å². The van der Waals surface area contributed by atoms with Gasteiger partial charge in [-0.3, -0.25) is 0 Å². The molecule has 1 unspecified atom stereocenters. The standard InChI is InChI=1S/C16H17O/c1-3-14-9-7-8-12-16(14)17-13(2)15-10-5-4-6-11-15/h3-13H,1-2H3. The van der Waals surface area contributed by atoms with E-state index in [0.29, 0.717) is 0 Å². The van der Waals surface area contributed by atoms with Crippen molar-refractivity contribution in [1.29, 1.82) is 0 Å². The summed E-state index contributed by atoms with van der Waals surface area (Å²) in [7, 11) is 0. The lowest BCUT2D eigenvalue weighted by atomic mass is 10.1. The second-order valence-electron chi connectivity index (χ2n) is 4.00. The van der Waals surface area contributed by atoms with Gasteiger partial charge in [-0.05, 0) is 30.5 Å². The van der Waals surface area contributed by atoms with Gasteiger partial charge in [0.05, 0.1) is 0 Å². The number of benzene rings is 2. The third-order valence-electron chi connectivity index (χ3n) is 2.80. The predicted octanol–water partition coefficient (Wildman–Crippen LogP) is 4.40. The molecular formula is C16H17O. The van der Waals surface area contributed by atoms with Crippen molar-refractivity contribution < 1.29 is 4.74 Å². The lowest BCUT2D eigenvalue weighted by molar-refractivity contribution is 0.226. The second-order valence-corrected chi connectivity index (χ2v) is 4.00. The Bertz CT molecular complexity index is 462. The molecule has 0 saturated carbocycles. The number of hydrogen-bond acceptors (Lipinski definition) is 1. The van der Waals surface area contributed by atoms with Crippen molar-refractivity contribution in [3.05, 3.63) is 72.1 Å². The van der Waals surface area contributed by atoms with Crippen molar-refractivity contribution in [2.24, 2.45) is 0 Å². The highest BCUT2D eigenvalue weighted by Gasteiger charge is 2.08. The maximum atomic E-state index is 5.99. The molecule has 1 nitrogen and oxygen atoms in total. The van der Waals surface area contributed by atoms with Crippen LogP contribution < -0.4 is 4.74 Å². The lowest BCUT2D eigenvalue weighted by Gasteiger charge is -2.17. The molecular weight excluding hydrogens is 208 g/mol. The molecule has 87 valence electrons. The molecule has 2 rings (SSSR count). The largest absolute Gasteiger partial charge is 0.486 e. The van der Waals surface area contributed by atoms with Gasteiger partial charge in [0.2, 0.25) is 0 Å². The molecule has 1 atom stereocenters. The van der Waals surface area contributed by atoms with Crippen LogP contribution in [-0.2, 0) is 0 Å². The van der Waals surface area contributed by atoms with Gasteiger partial charge in [-0.15, -0.1) is 0 Å². The summed E-state index contributed by atoms with van der Waals surface area (Å²) >= 11 is 0. The summed E-state index contributed by atoms with van der Waals surface area (Å²) in [4.78, 5) is 0. The van der Waals surface area contributed by atoms with Crippen molar-refractivity contribution in [3.8, 4) is 5.75 Å². The Hall–Kier alpha value is -1.76. The summed E-state index contributed by atoms with van der Waals surface area (Å²) < 4.78 is 5.99. The summed E-state index contributed by atoms with van der Waals surface area (Å²) in [6.45, 7) is 4.09. The molecule has 17 heavy (non-hydrogen) atoms. The molecule has 0 fully saturated rings. The van der Waals surface area contributed by atoms with Crippen molar-refractivity contribution >= 4 is 0 Å². The Morgan fingerprint density at radius 1 is 0.941 bits per heavy atom. The first-order valence-electron chi connectivity index (χ1n) is 5.91. The van der Waals surface area contributed by atoms with Crippen molar-refractivity contribution in [2.75, 3.05) is 0 Å². The smallest absolute Gasteiger partial charge is 0.123 e. The molecule has 0 bridgehead atoms. The first-order chi connectivity index (χ1) is 8.31. The molecule has 0 aromatic heterocycles. The fraction of sp³-hybridized carbons (Fsp3) is 0.188. The molecule has 2 aromatic carbocycles. The minimum absolute atomic E-state index is 0.0669. The molecule has 1 radical (unpaired) electrons. The summed E-state index contributed by atoms with van der Waals surface area (Å²) in [6, 6.07) is 18.4. The zero-order valence-corrected chi connectivity index (χ0v) is 10.3. The van der Waals surface area contributed by atoms with Crippen LogP contribution in [0, 0.1) is 6.42 Å². The van der Waals surface area contributed by atoms with E-state index < -0.39 is 0 Å². The molecule has 0 aliphatic rings. The van der Waals surface area contributed by atoms with E-state index in [2.05, 4.69) is 31.5 Å². The van der Waals surface area contributed by atoms with E-state index in [4.69, 9.17) is 4.74 Å². The maximum absolute atomic E-state index is 5.99. The van der Waals surface area contributed by atoms with E-state index in [1.165, 1.54) is 5.56 Å². The third kappa shape index (κ3) is 2.88. The van der Waals surface area contributed by atoms with E-state index in [9.17, 15) is 0 Å². The summed E-state index contributed by atoms with van der Waals surface area (Å²) in [5.74, 6) is 0.936. The first-order valence-corrected chi connectivity index (χ1v) is 5.91. The van der Waals surface area contributed by atoms with Crippen LogP contribution in [0.15, 0.2) is 54.6 Å². The molecule has 0 saturated heterocycles. The summed E-state index contributed by atoms with van der Waals surface area (Å²) in [5, 5.41) is 0. The molecule has 2 aromatic rings. The van der Waals surface area contributed by atoms with Crippen LogP contribution in [0.4, 0.5) is 0 Å². The Morgan fingerprint density at radius 2 is 1.59 bits per heavy atom. The fourth-order valence-electron chi connectivity index (χ4n) is 1.81. The van der Waals surface area contributed by atoms with Crippen molar-refractivity contribution in [3.63, 3.8) is 0 Å². The molecule has 1 heteroatoms. The van der Waals surface area contributed by atoms with Gasteiger partial charge in [0.1, 0.15) is 11.9 Å². The highest BCUT2D eigenvalue weighted by molar-refractivity contribution is 5.38. The van der Waals surface area contributed by atoms with Crippen LogP contribution in [0.1, 0.15) is 31.1 Å². The van der Waals surface area contributed by atoms with Gasteiger partial charge in [-0.1, -0.05) is 55.5 Å². The minimum atomic E-state index is 0.0669. The van der Waals surface area contributed by atoms with Gasteiger partial charge >= 0.3 is 0 Å². The van der Waals surface area contributed by atoms with Crippen LogP contribution in [0.3, 0.4) is 0 Å². The Labute approximate surface area is 103 Å². The monoisotopic (exact) mass is 225 g/mol. The Kier molecular flexibility index (Phi) is 3.81. The molecule has 0 heterocycles. The van der Waals surface area contributed by atoms with Crippen LogP contribution >= 0.6 is 0 Å². The number of rotatable bonds is 4. The zero-order chi connectivity index (χ0) is 12.1.